The second-order valence-corrected chi connectivity index (χ2v) is 19.0. The smallest absolute Gasteiger partial charge is 0.225 e. The molecule has 0 amide bonds. The molecule has 0 bridgehead atoms. The molecular formula is C50H85N7O. The molecular weight excluding hydrogens is 715 g/mol. The fraction of sp³-hybridized carbons (Fsp3) is 0.720. The van der Waals surface area contributed by atoms with Crippen LogP contribution in [0, 0.1) is 43.4 Å². The molecule has 3 aliphatic heterocycles. The number of hydrogen-bond donors (Lipinski definition) is 0. The highest BCUT2D eigenvalue weighted by Gasteiger charge is 2.26. The van der Waals surface area contributed by atoms with Gasteiger partial charge in [-0.05, 0) is 122 Å². The molecule has 0 spiro atoms. The number of hydrogen-bond acceptors (Lipinski definition) is 8. The first-order chi connectivity index (χ1) is 27.5. The van der Waals surface area contributed by atoms with E-state index in [1.807, 2.05) is 12.4 Å². The third-order valence-electron chi connectivity index (χ3n) is 12.4. The Morgan fingerprint density at radius 3 is 1.59 bits per heavy atom. The van der Waals surface area contributed by atoms with Crippen molar-refractivity contribution in [3.8, 4) is 5.75 Å². The fourth-order valence-corrected chi connectivity index (χ4v) is 8.37. The molecule has 1 unspecified atom stereocenters. The zero-order chi connectivity index (χ0) is 43.1. The lowest BCUT2D eigenvalue weighted by atomic mass is 9.87. The summed E-state index contributed by atoms with van der Waals surface area (Å²) in [5, 5.41) is 0. The lowest BCUT2D eigenvalue weighted by Crippen LogP contribution is -2.36. The van der Waals surface area contributed by atoms with E-state index in [4.69, 9.17) is 14.7 Å². The molecule has 6 heterocycles. The zero-order valence-corrected chi connectivity index (χ0v) is 40.0. The van der Waals surface area contributed by atoms with Crippen molar-refractivity contribution in [3.05, 3.63) is 58.7 Å². The molecule has 0 saturated carbocycles. The average molecular weight is 800 g/mol. The summed E-state index contributed by atoms with van der Waals surface area (Å²) in [5.74, 6) is 9.68. The van der Waals surface area contributed by atoms with E-state index in [0.29, 0.717) is 17.8 Å². The van der Waals surface area contributed by atoms with Gasteiger partial charge in [0.25, 0.3) is 0 Å². The Morgan fingerprint density at radius 1 is 0.638 bits per heavy atom. The molecule has 326 valence electrons. The summed E-state index contributed by atoms with van der Waals surface area (Å²) in [6, 6.07) is 6.56. The van der Waals surface area contributed by atoms with Crippen LogP contribution in [0.3, 0.4) is 0 Å². The zero-order valence-electron chi connectivity index (χ0n) is 40.0. The second kappa shape index (κ2) is 24.0. The molecule has 0 aliphatic carbocycles. The van der Waals surface area contributed by atoms with Gasteiger partial charge in [-0.1, -0.05) is 102 Å². The average Bonchev–Trinajstić information content (AvgIpc) is 3.64. The maximum Gasteiger partial charge on any atom is 0.225 e. The molecule has 3 saturated heterocycles. The number of pyridine rings is 2. The number of rotatable bonds is 9. The SMILES string of the molecule is CCC.COc1cc(C(C)C)cnc1N1CCC(C(C)C)CC1.Cc1nc(N2CCC(C(C)C)CC2)ncc1C(C)C.Cc1nc(N2CCC(C)C2)ccc1C(C)C. The minimum absolute atomic E-state index is 0.483. The second-order valence-electron chi connectivity index (χ2n) is 19.0. The number of aryl methyl sites for hydroxylation is 2. The Bertz CT molecular complexity index is 1620. The van der Waals surface area contributed by atoms with E-state index >= 15 is 0 Å². The molecule has 3 aliphatic rings. The number of nitrogens with zero attached hydrogens (tertiary/aromatic N) is 7. The number of ether oxygens (including phenoxy) is 1. The predicted molar refractivity (Wildman–Crippen MR) is 250 cm³/mol. The van der Waals surface area contributed by atoms with Gasteiger partial charge in [-0.3, -0.25) is 0 Å². The molecule has 3 fully saturated rings. The summed E-state index contributed by atoms with van der Waals surface area (Å²) in [6.07, 6.45) is 11.6. The van der Waals surface area contributed by atoms with Gasteiger partial charge in [0.05, 0.1) is 7.11 Å². The van der Waals surface area contributed by atoms with Crippen molar-refractivity contribution in [2.45, 2.75) is 160 Å². The van der Waals surface area contributed by atoms with Gasteiger partial charge in [0.1, 0.15) is 5.82 Å². The van der Waals surface area contributed by atoms with Crippen molar-refractivity contribution >= 4 is 17.6 Å². The maximum absolute atomic E-state index is 5.56. The largest absolute Gasteiger partial charge is 0.493 e. The first-order valence-electron chi connectivity index (χ1n) is 23.1. The van der Waals surface area contributed by atoms with E-state index in [1.165, 1.54) is 60.9 Å². The summed E-state index contributed by atoms with van der Waals surface area (Å²) in [7, 11) is 1.74. The van der Waals surface area contributed by atoms with Crippen LogP contribution < -0.4 is 19.4 Å². The quantitative estimate of drug-likeness (QED) is 0.212. The van der Waals surface area contributed by atoms with Crippen LogP contribution in [0.25, 0.3) is 0 Å². The first-order valence-corrected chi connectivity index (χ1v) is 23.1. The van der Waals surface area contributed by atoms with Crippen LogP contribution >= 0.6 is 0 Å². The Hall–Kier alpha value is -3.42. The van der Waals surface area contributed by atoms with Gasteiger partial charge in [-0.25, -0.2) is 19.9 Å². The number of methoxy groups -OCH3 is 1. The van der Waals surface area contributed by atoms with Gasteiger partial charge in [-0.2, -0.15) is 0 Å². The molecule has 0 N–H and O–H groups in total. The van der Waals surface area contributed by atoms with Gasteiger partial charge in [0, 0.05) is 63.1 Å². The maximum atomic E-state index is 5.56. The lowest BCUT2D eigenvalue weighted by molar-refractivity contribution is 0.309. The van der Waals surface area contributed by atoms with Crippen LogP contribution in [0.1, 0.15) is 174 Å². The van der Waals surface area contributed by atoms with E-state index in [2.05, 4.69) is 147 Å². The van der Waals surface area contributed by atoms with Crippen LogP contribution in [0.2, 0.25) is 0 Å². The molecule has 3 aromatic heterocycles. The summed E-state index contributed by atoms with van der Waals surface area (Å²) >= 11 is 0. The van der Waals surface area contributed by atoms with Gasteiger partial charge in [0.2, 0.25) is 5.95 Å². The first kappa shape index (κ1) is 48.9. The summed E-state index contributed by atoms with van der Waals surface area (Å²) in [5.41, 5.74) is 6.19. The summed E-state index contributed by atoms with van der Waals surface area (Å²) in [6.45, 7) is 40.0. The highest BCUT2D eigenvalue weighted by molar-refractivity contribution is 5.54. The van der Waals surface area contributed by atoms with E-state index < -0.39 is 0 Å². The normalized spacial score (nSPS) is 17.7. The predicted octanol–water partition coefficient (Wildman–Crippen LogP) is 12.6. The van der Waals surface area contributed by atoms with Crippen molar-refractivity contribution in [2.75, 3.05) is 61.1 Å². The minimum Gasteiger partial charge on any atom is -0.493 e. The molecule has 0 aromatic carbocycles. The Labute approximate surface area is 356 Å². The molecule has 6 rings (SSSR count). The van der Waals surface area contributed by atoms with E-state index in [9.17, 15) is 0 Å². The van der Waals surface area contributed by atoms with E-state index in [1.54, 1.807) is 7.11 Å². The van der Waals surface area contributed by atoms with Gasteiger partial charge in [0.15, 0.2) is 11.6 Å². The summed E-state index contributed by atoms with van der Waals surface area (Å²) in [4.78, 5) is 25.8. The van der Waals surface area contributed by atoms with Crippen LogP contribution in [-0.4, -0.2) is 66.3 Å². The van der Waals surface area contributed by atoms with Gasteiger partial charge >= 0.3 is 0 Å². The topological polar surface area (TPSA) is 70.5 Å². The van der Waals surface area contributed by atoms with Gasteiger partial charge < -0.3 is 19.4 Å². The number of aromatic nitrogens is 4. The molecule has 1 atom stereocenters. The number of anilines is 3. The molecule has 8 nitrogen and oxygen atoms in total. The van der Waals surface area contributed by atoms with E-state index in [-0.39, 0.29) is 0 Å². The minimum atomic E-state index is 0.483. The van der Waals surface area contributed by atoms with Crippen molar-refractivity contribution in [2.24, 2.45) is 29.6 Å². The Morgan fingerprint density at radius 2 is 1.16 bits per heavy atom. The van der Waals surface area contributed by atoms with Crippen LogP contribution in [0.4, 0.5) is 17.6 Å². The molecule has 8 heteroatoms. The molecule has 0 radical (unpaired) electrons. The van der Waals surface area contributed by atoms with E-state index in [0.717, 1.165) is 97.9 Å². The fourth-order valence-electron chi connectivity index (χ4n) is 8.37. The monoisotopic (exact) mass is 800 g/mol. The highest BCUT2D eigenvalue weighted by Crippen LogP contribution is 2.34. The number of piperidine rings is 2. The Kier molecular flexibility index (Phi) is 20.2. The standard InChI is InChI=1S/C17H28N2O.C16H27N3.C14H22N2.C3H8/c1-12(2)14-6-8-19(9-7-14)17-16(20-5)10-15(11-18-17)13(3)4;1-11(2)14-6-8-19(9-7-14)16-17-10-15(12(3)4)13(5)18-16;1-10(2)13-5-6-14(15-12(13)4)16-8-7-11(3)9-16;1-3-2/h10-14H,6-9H2,1-5H3;10-12,14H,6-9H2,1-5H3;5-6,10-11H,7-9H2,1-4H3;3H2,1-2H3. The Balaban J connectivity index is 0.000000226. The van der Waals surface area contributed by atoms with Gasteiger partial charge in [-0.15, -0.1) is 0 Å². The lowest BCUT2D eigenvalue weighted by Gasteiger charge is -2.35. The molecule has 58 heavy (non-hydrogen) atoms. The van der Waals surface area contributed by atoms with Crippen LogP contribution in [-0.2, 0) is 0 Å². The van der Waals surface area contributed by atoms with Crippen molar-refractivity contribution < 1.29 is 4.74 Å². The third-order valence-corrected chi connectivity index (χ3v) is 12.4. The van der Waals surface area contributed by atoms with Crippen molar-refractivity contribution in [1.82, 2.24) is 19.9 Å². The highest BCUT2D eigenvalue weighted by atomic mass is 16.5. The summed E-state index contributed by atoms with van der Waals surface area (Å²) < 4.78 is 5.56. The molecule has 3 aromatic rings. The van der Waals surface area contributed by atoms with Crippen molar-refractivity contribution in [3.63, 3.8) is 0 Å². The van der Waals surface area contributed by atoms with Crippen LogP contribution in [0.15, 0.2) is 30.6 Å². The third kappa shape index (κ3) is 14.4. The van der Waals surface area contributed by atoms with Crippen LogP contribution in [0.5, 0.6) is 5.75 Å². The van der Waals surface area contributed by atoms with Crippen molar-refractivity contribution in [1.29, 1.82) is 0 Å².